The zero-order chi connectivity index (χ0) is 14.7. The zero-order valence-corrected chi connectivity index (χ0v) is 11.4. The van der Waals surface area contributed by atoms with Crippen molar-refractivity contribution in [3.05, 3.63) is 62.4 Å². The Morgan fingerprint density at radius 3 is 2.60 bits per heavy atom. The molecule has 1 amide bonds. The summed E-state index contributed by atoms with van der Waals surface area (Å²) in [5.74, 6) is -0.674. The van der Waals surface area contributed by atoms with Gasteiger partial charge < -0.3 is 5.32 Å². The van der Waals surface area contributed by atoms with E-state index < -0.39 is 10.8 Å². The first kappa shape index (κ1) is 14.2. The number of nitro benzene ring substituents is 1. The molecule has 1 N–H and O–H groups in total. The molecule has 0 spiro atoms. The van der Waals surface area contributed by atoms with Crippen molar-refractivity contribution in [1.29, 1.82) is 0 Å². The number of nitrogens with zero attached hydrogens (tertiary/aromatic N) is 2. The van der Waals surface area contributed by atoms with Crippen LogP contribution >= 0.6 is 23.2 Å². The van der Waals surface area contributed by atoms with Crippen molar-refractivity contribution in [2.45, 2.75) is 0 Å². The van der Waals surface area contributed by atoms with Crippen LogP contribution in [0.2, 0.25) is 10.2 Å². The molecule has 6 nitrogen and oxygen atoms in total. The van der Waals surface area contributed by atoms with E-state index in [4.69, 9.17) is 23.2 Å². The molecule has 1 aromatic heterocycles. The number of carbonyl (C=O) groups is 1. The highest BCUT2D eigenvalue weighted by Gasteiger charge is 2.18. The van der Waals surface area contributed by atoms with Gasteiger partial charge in [-0.1, -0.05) is 35.3 Å². The van der Waals surface area contributed by atoms with E-state index in [1.807, 2.05) is 0 Å². The molecular formula is C12H7Cl2N3O3. The van der Waals surface area contributed by atoms with Gasteiger partial charge in [0, 0.05) is 6.07 Å². The Hall–Kier alpha value is -2.18. The second-order valence-corrected chi connectivity index (χ2v) is 4.49. The first-order chi connectivity index (χ1) is 9.49. The molecule has 0 aliphatic carbocycles. The van der Waals surface area contributed by atoms with E-state index in [-0.39, 0.29) is 27.2 Å². The monoisotopic (exact) mass is 311 g/mol. The largest absolute Gasteiger partial charge is 0.315 e. The Morgan fingerprint density at radius 1 is 1.20 bits per heavy atom. The van der Waals surface area contributed by atoms with E-state index >= 15 is 0 Å². The first-order valence-corrected chi connectivity index (χ1v) is 6.11. The van der Waals surface area contributed by atoms with Gasteiger partial charge >= 0.3 is 0 Å². The number of nitrogens with one attached hydrogen (secondary N) is 1. The maximum atomic E-state index is 12.0. The van der Waals surface area contributed by atoms with Crippen molar-refractivity contribution < 1.29 is 9.72 Å². The number of carbonyl (C=O) groups excluding carboxylic acids is 1. The highest BCUT2D eigenvalue weighted by atomic mass is 35.5. The minimum Gasteiger partial charge on any atom is -0.315 e. The van der Waals surface area contributed by atoms with Crippen molar-refractivity contribution >= 4 is 40.5 Å². The fourth-order valence-electron chi connectivity index (χ4n) is 1.50. The smallest absolute Gasteiger partial charge is 0.292 e. The first-order valence-electron chi connectivity index (χ1n) is 5.36. The van der Waals surface area contributed by atoms with Crippen molar-refractivity contribution in [1.82, 2.24) is 4.98 Å². The molecule has 20 heavy (non-hydrogen) atoms. The second kappa shape index (κ2) is 5.85. The van der Waals surface area contributed by atoms with Gasteiger partial charge in [0.2, 0.25) is 0 Å². The number of pyridine rings is 1. The van der Waals surface area contributed by atoms with Gasteiger partial charge in [0.05, 0.1) is 9.95 Å². The Labute approximate surface area is 123 Å². The number of anilines is 1. The predicted octanol–water partition coefficient (Wildman–Crippen LogP) is 3.55. The zero-order valence-electron chi connectivity index (χ0n) is 9.84. The number of amides is 1. The van der Waals surface area contributed by atoms with Gasteiger partial charge in [0.15, 0.2) is 0 Å². The van der Waals surface area contributed by atoms with Crippen molar-refractivity contribution in [2.24, 2.45) is 0 Å². The van der Waals surface area contributed by atoms with Crippen LogP contribution in [-0.4, -0.2) is 15.8 Å². The van der Waals surface area contributed by atoms with Crippen LogP contribution in [0.5, 0.6) is 0 Å². The normalized spacial score (nSPS) is 10.1. The summed E-state index contributed by atoms with van der Waals surface area (Å²) in [6.45, 7) is 0. The van der Waals surface area contributed by atoms with Crippen LogP contribution in [0.4, 0.5) is 11.4 Å². The maximum absolute atomic E-state index is 12.0. The standard InChI is InChI=1S/C12H7Cl2N3O3/c13-7-5-6-10(14)16-11(7)12(18)15-8-3-1-2-4-9(8)17(19)20/h1-6H,(H,15,18). The molecule has 1 aromatic carbocycles. The van der Waals surface area contributed by atoms with Gasteiger partial charge in [-0.25, -0.2) is 4.98 Å². The Balaban J connectivity index is 2.33. The molecule has 0 aliphatic rings. The average Bonchev–Trinajstić information content (AvgIpc) is 2.41. The highest BCUT2D eigenvalue weighted by Crippen LogP contribution is 2.25. The van der Waals surface area contributed by atoms with E-state index in [1.165, 1.54) is 30.3 Å². The van der Waals surface area contributed by atoms with Crippen molar-refractivity contribution in [3.63, 3.8) is 0 Å². The lowest BCUT2D eigenvalue weighted by Gasteiger charge is -2.06. The van der Waals surface area contributed by atoms with Crippen molar-refractivity contribution in [2.75, 3.05) is 5.32 Å². The molecule has 102 valence electrons. The summed E-state index contributed by atoms with van der Waals surface area (Å²) in [5, 5.41) is 13.4. The number of hydrogen-bond acceptors (Lipinski definition) is 4. The quantitative estimate of drug-likeness (QED) is 0.533. The lowest BCUT2D eigenvalue weighted by Crippen LogP contribution is -2.15. The predicted molar refractivity (Wildman–Crippen MR) is 75.3 cm³/mol. The molecule has 0 bridgehead atoms. The van der Waals surface area contributed by atoms with Gasteiger partial charge in [0.1, 0.15) is 16.5 Å². The fourth-order valence-corrected chi connectivity index (χ4v) is 1.84. The summed E-state index contributed by atoms with van der Waals surface area (Å²) >= 11 is 11.5. The molecule has 2 aromatic rings. The molecule has 0 radical (unpaired) electrons. The van der Waals surface area contributed by atoms with Gasteiger partial charge in [-0.2, -0.15) is 0 Å². The van der Waals surface area contributed by atoms with E-state index in [0.717, 1.165) is 0 Å². The summed E-state index contributed by atoms with van der Waals surface area (Å²) in [7, 11) is 0. The molecule has 2 rings (SSSR count). The highest BCUT2D eigenvalue weighted by molar-refractivity contribution is 6.35. The summed E-state index contributed by atoms with van der Waals surface area (Å²) in [4.78, 5) is 26.1. The van der Waals surface area contributed by atoms with Crippen LogP contribution in [0.3, 0.4) is 0 Å². The summed E-state index contributed by atoms with van der Waals surface area (Å²) < 4.78 is 0. The van der Waals surface area contributed by atoms with Crippen LogP contribution < -0.4 is 5.32 Å². The number of halogens is 2. The summed E-state index contributed by atoms with van der Waals surface area (Å²) in [6, 6.07) is 8.61. The molecule has 0 aliphatic heterocycles. The second-order valence-electron chi connectivity index (χ2n) is 3.69. The average molecular weight is 312 g/mol. The molecule has 0 saturated heterocycles. The molecule has 0 saturated carbocycles. The lowest BCUT2D eigenvalue weighted by atomic mass is 10.2. The van der Waals surface area contributed by atoms with Crippen LogP contribution in [-0.2, 0) is 0 Å². The topological polar surface area (TPSA) is 85.1 Å². The summed E-state index contributed by atoms with van der Waals surface area (Å²) in [6.07, 6.45) is 0. The third-order valence-corrected chi connectivity index (χ3v) is 2.89. The third-order valence-electron chi connectivity index (χ3n) is 2.38. The number of nitro groups is 1. The molecule has 1 heterocycles. The Morgan fingerprint density at radius 2 is 1.90 bits per heavy atom. The number of rotatable bonds is 3. The van der Waals surface area contributed by atoms with Crippen LogP contribution in [0.15, 0.2) is 36.4 Å². The number of para-hydroxylation sites is 2. The molecule has 0 unspecified atom stereocenters. The minimum atomic E-state index is -0.674. The minimum absolute atomic E-state index is 0.0559. The van der Waals surface area contributed by atoms with E-state index in [0.29, 0.717) is 0 Å². The number of hydrogen-bond donors (Lipinski definition) is 1. The maximum Gasteiger partial charge on any atom is 0.292 e. The SMILES string of the molecule is O=C(Nc1ccccc1[N+](=O)[O-])c1nc(Cl)ccc1Cl. The molecule has 0 fully saturated rings. The van der Waals surface area contributed by atoms with E-state index in [2.05, 4.69) is 10.3 Å². The summed E-state index contributed by atoms with van der Waals surface area (Å²) in [5.41, 5.74) is -0.267. The van der Waals surface area contributed by atoms with E-state index in [1.54, 1.807) is 6.07 Å². The van der Waals surface area contributed by atoms with Gasteiger partial charge in [-0.3, -0.25) is 14.9 Å². The number of benzene rings is 1. The van der Waals surface area contributed by atoms with E-state index in [9.17, 15) is 14.9 Å². The third kappa shape index (κ3) is 3.04. The van der Waals surface area contributed by atoms with Crippen molar-refractivity contribution in [3.8, 4) is 0 Å². The Kier molecular flexibility index (Phi) is 4.16. The van der Waals surface area contributed by atoms with Crippen LogP contribution in [0, 0.1) is 10.1 Å². The Bertz CT molecular complexity index is 691. The van der Waals surface area contributed by atoms with Gasteiger partial charge in [-0.05, 0) is 18.2 Å². The molecular weight excluding hydrogens is 305 g/mol. The fraction of sp³-hybridized carbons (Fsp3) is 0. The molecule has 8 heteroatoms. The lowest BCUT2D eigenvalue weighted by molar-refractivity contribution is -0.383. The van der Waals surface area contributed by atoms with Crippen LogP contribution in [0.1, 0.15) is 10.5 Å². The molecule has 0 atom stereocenters. The van der Waals surface area contributed by atoms with Gasteiger partial charge in [-0.15, -0.1) is 0 Å². The van der Waals surface area contributed by atoms with Crippen LogP contribution in [0.25, 0.3) is 0 Å². The number of aromatic nitrogens is 1. The van der Waals surface area contributed by atoms with Gasteiger partial charge in [0.25, 0.3) is 11.6 Å².